The largest absolute Gasteiger partial charge is 0.380 e. The highest BCUT2D eigenvalue weighted by atomic mass is 16.5. The van der Waals surface area contributed by atoms with Crippen molar-refractivity contribution in [2.75, 3.05) is 13.2 Å². The Morgan fingerprint density at radius 2 is 2.14 bits per heavy atom. The lowest BCUT2D eigenvalue weighted by Gasteiger charge is -2.53. The number of ether oxygens (including phenoxy) is 1. The maximum atomic E-state index is 12.8. The van der Waals surface area contributed by atoms with E-state index in [9.17, 15) is 4.79 Å². The molecule has 1 aliphatic heterocycles. The van der Waals surface area contributed by atoms with Crippen LogP contribution in [0.5, 0.6) is 0 Å². The Bertz CT molecular complexity index is 953. The number of hydrogen-bond acceptors (Lipinski definition) is 4. The molecule has 150 valence electrons. The van der Waals surface area contributed by atoms with E-state index in [1.54, 1.807) is 12.4 Å². The molecule has 2 aliphatic carbocycles. The van der Waals surface area contributed by atoms with Gasteiger partial charge in [-0.25, -0.2) is 0 Å². The van der Waals surface area contributed by atoms with E-state index < -0.39 is 0 Å². The molecule has 3 aliphatic rings. The van der Waals surface area contributed by atoms with E-state index in [2.05, 4.69) is 51.7 Å². The van der Waals surface area contributed by atoms with Gasteiger partial charge in [0.15, 0.2) is 0 Å². The number of nitrogens with zero attached hydrogens (tertiary/aromatic N) is 2. The summed E-state index contributed by atoms with van der Waals surface area (Å²) < 4.78 is 5.32. The van der Waals surface area contributed by atoms with E-state index in [0.29, 0.717) is 11.1 Å². The summed E-state index contributed by atoms with van der Waals surface area (Å²) >= 11 is 0. The lowest BCUT2D eigenvalue weighted by molar-refractivity contribution is -0.165. The molecule has 2 atom stereocenters. The third-order valence-corrected chi connectivity index (χ3v) is 6.64. The number of carbonyl (C=O) groups excluding carboxylic acids is 1. The van der Waals surface area contributed by atoms with Crippen molar-refractivity contribution in [2.45, 2.75) is 38.1 Å². The number of amides is 1. The van der Waals surface area contributed by atoms with Crippen LogP contribution >= 0.6 is 0 Å². The molecule has 2 unspecified atom stereocenters. The minimum atomic E-state index is -0.110. The Labute approximate surface area is 170 Å². The van der Waals surface area contributed by atoms with E-state index >= 15 is 0 Å². The summed E-state index contributed by atoms with van der Waals surface area (Å²) in [5, 5.41) is 10.4. The van der Waals surface area contributed by atoms with E-state index in [0.717, 1.165) is 43.7 Å². The van der Waals surface area contributed by atoms with Crippen LogP contribution in [0.25, 0.3) is 0 Å². The average Bonchev–Trinajstić information content (AvgIpc) is 3.17. The molecule has 0 aromatic carbocycles. The average molecular weight is 390 g/mol. The van der Waals surface area contributed by atoms with Gasteiger partial charge in [-0.1, -0.05) is 31.2 Å². The molecule has 6 nitrogen and oxygen atoms in total. The summed E-state index contributed by atoms with van der Waals surface area (Å²) in [5.74, 6) is -0.0422. The maximum Gasteiger partial charge on any atom is 0.270 e. The minimum absolute atomic E-state index is 0.0554. The number of allylic oxidation sites excluding steroid dienone is 4. The number of aromatic nitrogens is 3. The number of pyridine rings is 1. The third-order valence-electron chi connectivity index (χ3n) is 6.64. The van der Waals surface area contributed by atoms with Gasteiger partial charge in [-0.15, -0.1) is 0 Å². The SMILES string of the molecule is CC1(C(c2ccnc(C(=O)NC3CC4(COC4)C3)c2)c2ccn[nH]2)C=CC=CC1. The first-order valence-electron chi connectivity index (χ1n) is 10.3. The standard InChI is InChI=1S/C23H26N4O2/c1-22(7-3-2-4-8-22)20(18-6-10-25-27-18)16-5-9-24-19(11-16)21(28)26-17-12-23(13-17)14-29-15-23/h2-7,9-11,17,20H,8,12-15H2,1H3,(H,25,27)(H,26,28). The number of rotatable bonds is 5. The van der Waals surface area contributed by atoms with Crippen molar-refractivity contribution in [3.8, 4) is 0 Å². The first kappa shape index (κ1) is 18.3. The number of H-pyrrole nitrogens is 1. The van der Waals surface area contributed by atoms with Crippen LogP contribution in [0.3, 0.4) is 0 Å². The van der Waals surface area contributed by atoms with Gasteiger partial charge in [-0.2, -0.15) is 5.10 Å². The lowest BCUT2D eigenvalue weighted by Crippen LogP contribution is -2.59. The summed E-state index contributed by atoms with van der Waals surface area (Å²) in [5.41, 5.74) is 2.79. The fraction of sp³-hybridized carbons (Fsp3) is 0.435. The van der Waals surface area contributed by atoms with Crippen LogP contribution in [0.15, 0.2) is 54.9 Å². The summed E-state index contributed by atoms with van der Waals surface area (Å²) in [7, 11) is 0. The Hall–Kier alpha value is -2.73. The molecule has 29 heavy (non-hydrogen) atoms. The van der Waals surface area contributed by atoms with Crippen LogP contribution in [0.4, 0.5) is 0 Å². The summed E-state index contributed by atoms with van der Waals surface area (Å²) in [4.78, 5) is 17.2. The molecule has 5 rings (SSSR count). The zero-order chi connectivity index (χ0) is 19.9. The van der Waals surface area contributed by atoms with E-state index in [4.69, 9.17) is 4.74 Å². The highest BCUT2D eigenvalue weighted by molar-refractivity contribution is 5.92. The van der Waals surface area contributed by atoms with Gasteiger partial charge in [0, 0.05) is 40.9 Å². The Kier molecular flexibility index (Phi) is 4.39. The molecule has 2 aromatic heterocycles. The molecule has 3 heterocycles. The summed E-state index contributed by atoms with van der Waals surface area (Å²) in [6, 6.07) is 6.17. The fourth-order valence-corrected chi connectivity index (χ4v) is 5.03. The molecule has 1 saturated carbocycles. The topological polar surface area (TPSA) is 79.9 Å². The van der Waals surface area contributed by atoms with Gasteiger partial charge in [-0.05, 0) is 43.0 Å². The summed E-state index contributed by atoms with van der Waals surface area (Å²) in [6.45, 7) is 3.91. The van der Waals surface area contributed by atoms with E-state index in [1.807, 2.05) is 18.2 Å². The van der Waals surface area contributed by atoms with Crippen LogP contribution < -0.4 is 5.32 Å². The van der Waals surface area contributed by atoms with Crippen molar-refractivity contribution in [2.24, 2.45) is 10.8 Å². The van der Waals surface area contributed by atoms with Crippen LogP contribution in [-0.4, -0.2) is 40.3 Å². The highest BCUT2D eigenvalue weighted by Gasteiger charge is 2.50. The van der Waals surface area contributed by atoms with Crippen molar-refractivity contribution >= 4 is 5.91 Å². The van der Waals surface area contributed by atoms with Gasteiger partial charge >= 0.3 is 0 Å². The lowest BCUT2D eigenvalue weighted by atomic mass is 9.64. The van der Waals surface area contributed by atoms with Gasteiger partial charge in [0.1, 0.15) is 5.69 Å². The van der Waals surface area contributed by atoms with Gasteiger partial charge in [0.25, 0.3) is 5.91 Å². The number of aromatic amines is 1. The van der Waals surface area contributed by atoms with Gasteiger partial charge in [0.05, 0.1) is 13.2 Å². The van der Waals surface area contributed by atoms with Crippen molar-refractivity contribution in [3.63, 3.8) is 0 Å². The predicted molar refractivity (Wildman–Crippen MR) is 109 cm³/mol. The van der Waals surface area contributed by atoms with E-state index in [1.165, 1.54) is 0 Å². The molecule has 6 heteroatoms. The maximum absolute atomic E-state index is 12.8. The van der Waals surface area contributed by atoms with Crippen LogP contribution in [0.1, 0.15) is 53.8 Å². The highest BCUT2D eigenvalue weighted by Crippen LogP contribution is 2.47. The second-order valence-electron chi connectivity index (χ2n) is 8.99. The smallest absolute Gasteiger partial charge is 0.270 e. The monoisotopic (exact) mass is 390 g/mol. The van der Waals surface area contributed by atoms with Crippen molar-refractivity contribution in [1.82, 2.24) is 20.5 Å². The van der Waals surface area contributed by atoms with Crippen LogP contribution in [0.2, 0.25) is 0 Å². The third kappa shape index (κ3) is 3.31. The Balaban J connectivity index is 1.38. The fourth-order valence-electron chi connectivity index (χ4n) is 5.03. The number of carbonyl (C=O) groups is 1. The zero-order valence-corrected chi connectivity index (χ0v) is 16.6. The van der Waals surface area contributed by atoms with Crippen LogP contribution in [0, 0.1) is 10.8 Å². The van der Waals surface area contributed by atoms with Gasteiger partial charge in [-0.3, -0.25) is 14.9 Å². The van der Waals surface area contributed by atoms with Crippen molar-refractivity contribution < 1.29 is 9.53 Å². The first-order chi connectivity index (χ1) is 14.1. The Morgan fingerprint density at radius 1 is 1.28 bits per heavy atom. The molecular weight excluding hydrogens is 364 g/mol. The summed E-state index contributed by atoms with van der Waals surface area (Å²) in [6.07, 6.45) is 15.1. The molecule has 2 fully saturated rings. The number of hydrogen-bond donors (Lipinski definition) is 2. The second kappa shape index (κ2) is 6.95. The Morgan fingerprint density at radius 3 is 2.79 bits per heavy atom. The first-order valence-corrected chi connectivity index (χ1v) is 10.3. The molecule has 1 amide bonds. The van der Waals surface area contributed by atoms with Crippen molar-refractivity contribution in [1.29, 1.82) is 0 Å². The quantitative estimate of drug-likeness (QED) is 0.820. The molecule has 0 radical (unpaired) electrons. The van der Waals surface area contributed by atoms with Crippen LogP contribution in [-0.2, 0) is 4.74 Å². The normalized spacial score (nSPS) is 26.0. The molecule has 2 N–H and O–H groups in total. The van der Waals surface area contributed by atoms with Gasteiger partial charge in [0.2, 0.25) is 0 Å². The molecule has 2 aromatic rings. The number of nitrogens with one attached hydrogen (secondary N) is 2. The zero-order valence-electron chi connectivity index (χ0n) is 16.6. The van der Waals surface area contributed by atoms with Gasteiger partial charge < -0.3 is 10.1 Å². The molecular formula is C23H26N4O2. The molecule has 1 spiro atoms. The second-order valence-corrected chi connectivity index (χ2v) is 8.99. The van der Waals surface area contributed by atoms with E-state index in [-0.39, 0.29) is 23.3 Å². The minimum Gasteiger partial charge on any atom is -0.380 e. The van der Waals surface area contributed by atoms with Crippen molar-refractivity contribution in [3.05, 3.63) is 71.8 Å². The predicted octanol–water partition coefficient (Wildman–Crippen LogP) is 3.37. The molecule has 1 saturated heterocycles. The molecule has 0 bridgehead atoms.